The Morgan fingerprint density at radius 2 is 2.20 bits per heavy atom. The third kappa shape index (κ3) is 3.88. The maximum atomic E-state index is 13.3. The zero-order valence-corrected chi connectivity index (χ0v) is 13.6. The lowest BCUT2D eigenvalue weighted by Gasteiger charge is -2.29. The van der Waals surface area contributed by atoms with Crippen molar-refractivity contribution in [2.24, 2.45) is 0 Å². The zero-order valence-electron chi connectivity index (χ0n) is 13.6. The maximum Gasteiger partial charge on any atom is 0.227 e. The van der Waals surface area contributed by atoms with Crippen molar-refractivity contribution in [3.05, 3.63) is 53.7 Å². The summed E-state index contributed by atoms with van der Waals surface area (Å²) in [6, 6.07) is 7.02. The standard InChI is InChI=1S/C18H19FN2O4/c19-13-4-5-15-12(10-13)3-6-18(24)21(15)8-7-17(23)20-14(11-22)16-2-1-9-25-16/h1-2,4-5,9-10,14,22H,3,6-8,11H2,(H,20,23). The summed E-state index contributed by atoms with van der Waals surface area (Å²) < 4.78 is 18.5. The Balaban J connectivity index is 1.63. The molecule has 0 radical (unpaired) electrons. The first-order valence-electron chi connectivity index (χ1n) is 8.11. The van der Waals surface area contributed by atoms with E-state index in [-0.39, 0.29) is 37.2 Å². The van der Waals surface area contributed by atoms with E-state index in [4.69, 9.17) is 4.42 Å². The van der Waals surface area contributed by atoms with Crippen molar-refractivity contribution in [1.29, 1.82) is 0 Å². The van der Waals surface area contributed by atoms with Crippen LogP contribution in [0.15, 0.2) is 41.0 Å². The van der Waals surface area contributed by atoms with Gasteiger partial charge in [0.05, 0.1) is 12.9 Å². The molecule has 2 heterocycles. The first-order valence-corrected chi connectivity index (χ1v) is 8.11. The van der Waals surface area contributed by atoms with E-state index in [9.17, 15) is 19.1 Å². The minimum atomic E-state index is -0.624. The van der Waals surface area contributed by atoms with E-state index in [0.29, 0.717) is 24.3 Å². The molecule has 1 unspecified atom stereocenters. The molecule has 1 aliphatic rings. The predicted molar refractivity (Wildman–Crippen MR) is 88.4 cm³/mol. The molecule has 0 spiro atoms. The predicted octanol–water partition coefficient (Wildman–Crippen LogP) is 1.94. The van der Waals surface area contributed by atoms with Gasteiger partial charge in [0.1, 0.15) is 17.6 Å². The van der Waals surface area contributed by atoms with E-state index < -0.39 is 6.04 Å². The van der Waals surface area contributed by atoms with Gasteiger partial charge < -0.3 is 19.7 Å². The molecule has 2 aromatic rings. The number of aliphatic hydroxyl groups is 1. The van der Waals surface area contributed by atoms with Crippen molar-refractivity contribution in [3.63, 3.8) is 0 Å². The number of aryl methyl sites for hydroxylation is 1. The van der Waals surface area contributed by atoms with Gasteiger partial charge in [0, 0.05) is 25.1 Å². The minimum Gasteiger partial charge on any atom is -0.467 e. The summed E-state index contributed by atoms with van der Waals surface area (Å²) in [4.78, 5) is 25.8. The van der Waals surface area contributed by atoms with Gasteiger partial charge in [-0.1, -0.05) is 0 Å². The number of nitrogens with one attached hydrogen (secondary N) is 1. The molecule has 0 aliphatic carbocycles. The van der Waals surface area contributed by atoms with Gasteiger partial charge in [-0.25, -0.2) is 4.39 Å². The van der Waals surface area contributed by atoms with Crippen LogP contribution in [0.25, 0.3) is 0 Å². The Kier molecular flexibility index (Phi) is 5.14. The molecule has 0 fully saturated rings. The fourth-order valence-corrected chi connectivity index (χ4v) is 2.95. The fraction of sp³-hybridized carbons (Fsp3) is 0.333. The number of halogens is 1. The van der Waals surface area contributed by atoms with E-state index in [1.54, 1.807) is 18.2 Å². The molecule has 7 heteroatoms. The van der Waals surface area contributed by atoms with Gasteiger partial charge >= 0.3 is 0 Å². The van der Waals surface area contributed by atoms with Gasteiger partial charge in [0.25, 0.3) is 0 Å². The van der Waals surface area contributed by atoms with Crippen molar-refractivity contribution in [2.75, 3.05) is 18.1 Å². The SMILES string of the molecule is O=C(CCN1C(=O)CCc2cc(F)ccc21)NC(CO)c1ccco1. The van der Waals surface area contributed by atoms with Crippen molar-refractivity contribution in [2.45, 2.75) is 25.3 Å². The van der Waals surface area contributed by atoms with E-state index in [1.165, 1.54) is 23.3 Å². The molecular formula is C18H19FN2O4. The lowest BCUT2D eigenvalue weighted by molar-refractivity contribution is -0.122. The van der Waals surface area contributed by atoms with Crippen LogP contribution in [0.4, 0.5) is 10.1 Å². The van der Waals surface area contributed by atoms with Crippen LogP contribution in [0, 0.1) is 5.82 Å². The van der Waals surface area contributed by atoms with Crippen LogP contribution < -0.4 is 10.2 Å². The first kappa shape index (κ1) is 17.2. The summed E-state index contributed by atoms with van der Waals surface area (Å²) in [5.41, 5.74) is 1.42. The van der Waals surface area contributed by atoms with Gasteiger partial charge in [0.15, 0.2) is 0 Å². The third-order valence-corrected chi connectivity index (χ3v) is 4.21. The largest absolute Gasteiger partial charge is 0.467 e. The second-order valence-electron chi connectivity index (χ2n) is 5.89. The lowest BCUT2D eigenvalue weighted by atomic mass is 10.0. The topological polar surface area (TPSA) is 82.8 Å². The summed E-state index contributed by atoms with van der Waals surface area (Å²) in [6.45, 7) is -0.0936. The van der Waals surface area contributed by atoms with Gasteiger partial charge in [-0.2, -0.15) is 0 Å². The van der Waals surface area contributed by atoms with E-state index in [2.05, 4.69) is 5.32 Å². The monoisotopic (exact) mass is 346 g/mol. The molecular weight excluding hydrogens is 327 g/mol. The molecule has 0 saturated carbocycles. The van der Waals surface area contributed by atoms with E-state index >= 15 is 0 Å². The van der Waals surface area contributed by atoms with Crippen molar-refractivity contribution >= 4 is 17.5 Å². The number of benzene rings is 1. The summed E-state index contributed by atoms with van der Waals surface area (Å²) in [6.07, 6.45) is 2.33. The molecule has 1 aliphatic heterocycles. The smallest absolute Gasteiger partial charge is 0.227 e. The van der Waals surface area contributed by atoms with Crippen LogP contribution in [0.5, 0.6) is 0 Å². The second kappa shape index (κ2) is 7.48. The number of fused-ring (bicyclic) bond motifs is 1. The number of furan rings is 1. The number of amides is 2. The van der Waals surface area contributed by atoms with E-state index in [0.717, 1.165) is 5.56 Å². The summed E-state index contributed by atoms with van der Waals surface area (Å²) in [7, 11) is 0. The molecule has 1 atom stereocenters. The molecule has 25 heavy (non-hydrogen) atoms. The zero-order chi connectivity index (χ0) is 17.8. The highest BCUT2D eigenvalue weighted by Crippen LogP contribution is 2.28. The molecule has 2 N–H and O–H groups in total. The lowest BCUT2D eigenvalue weighted by Crippen LogP contribution is -2.39. The highest BCUT2D eigenvalue weighted by Gasteiger charge is 2.25. The van der Waals surface area contributed by atoms with Gasteiger partial charge in [-0.3, -0.25) is 9.59 Å². The highest BCUT2D eigenvalue weighted by atomic mass is 19.1. The molecule has 132 valence electrons. The minimum absolute atomic E-state index is 0.0692. The van der Waals surface area contributed by atoms with Crippen LogP contribution in [0.2, 0.25) is 0 Å². The number of hydrogen-bond acceptors (Lipinski definition) is 4. The molecule has 0 bridgehead atoms. The number of carbonyl (C=O) groups excluding carboxylic acids is 2. The van der Waals surface area contributed by atoms with Gasteiger partial charge in [-0.05, 0) is 42.3 Å². The average Bonchev–Trinajstić information content (AvgIpc) is 3.13. The highest BCUT2D eigenvalue weighted by molar-refractivity contribution is 5.97. The number of hydrogen-bond donors (Lipinski definition) is 2. The Hall–Kier alpha value is -2.67. The number of carbonyl (C=O) groups is 2. The number of aliphatic hydroxyl groups excluding tert-OH is 1. The summed E-state index contributed by atoms with van der Waals surface area (Å²) in [5, 5.41) is 12.1. The Labute approximate surface area is 144 Å². The average molecular weight is 346 g/mol. The second-order valence-corrected chi connectivity index (χ2v) is 5.89. The Morgan fingerprint density at radius 1 is 1.36 bits per heavy atom. The number of nitrogens with zero attached hydrogens (tertiary/aromatic N) is 1. The van der Waals surface area contributed by atoms with Crippen LogP contribution in [-0.2, 0) is 16.0 Å². The molecule has 3 rings (SSSR count). The quantitative estimate of drug-likeness (QED) is 0.837. The van der Waals surface area contributed by atoms with Crippen LogP contribution in [0.1, 0.15) is 30.2 Å². The molecule has 6 nitrogen and oxygen atoms in total. The van der Waals surface area contributed by atoms with Gasteiger partial charge in [0.2, 0.25) is 11.8 Å². The summed E-state index contributed by atoms with van der Waals surface area (Å²) in [5.74, 6) is -0.269. The third-order valence-electron chi connectivity index (χ3n) is 4.21. The van der Waals surface area contributed by atoms with Gasteiger partial charge in [-0.15, -0.1) is 0 Å². The molecule has 0 saturated heterocycles. The fourth-order valence-electron chi connectivity index (χ4n) is 2.95. The normalized spacial score (nSPS) is 15.0. The molecule has 1 aromatic carbocycles. The Morgan fingerprint density at radius 3 is 2.92 bits per heavy atom. The van der Waals surface area contributed by atoms with Crippen molar-refractivity contribution < 1.29 is 23.5 Å². The Bertz CT molecular complexity index is 760. The first-order chi connectivity index (χ1) is 12.1. The van der Waals surface area contributed by atoms with Crippen molar-refractivity contribution in [3.8, 4) is 0 Å². The maximum absolute atomic E-state index is 13.3. The number of anilines is 1. The van der Waals surface area contributed by atoms with Crippen LogP contribution in [0.3, 0.4) is 0 Å². The molecule has 1 aromatic heterocycles. The van der Waals surface area contributed by atoms with Crippen molar-refractivity contribution in [1.82, 2.24) is 5.32 Å². The van der Waals surface area contributed by atoms with Crippen LogP contribution in [-0.4, -0.2) is 30.1 Å². The number of rotatable bonds is 6. The molecule has 2 amide bonds. The van der Waals surface area contributed by atoms with E-state index in [1.807, 2.05) is 0 Å². The summed E-state index contributed by atoms with van der Waals surface area (Å²) >= 11 is 0. The van der Waals surface area contributed by atoms with Crippen LogP contribution >= 0.6 is 0 Å².